The molecule has 1 saturated carbocycles. The van der Waals surface area contributed by atoms with Crippen LogP contribution in [0.15, 0.2) is 24.3 Å². The molecule has 2 atom stereocenters. The van der Waals surface area contributed by atoms with E-state index >= 15 is 0 Å². The largest absolute Gasteiger partial charge is 0.312 e. The fraction of sp³-hybridized carbons (Fsp3) is 0.625. The molecule has 2 heteroatoms. The lowest BCUT2D eigenvalue weighted by molar-refractivity contribution is 0.250. The van der Waals surface area contributed by atoms with Crippen molar-refractivity contribution in [2.24, 2.45) is 11.8 Å². The lowest BCUT2D eigenvalue weighted by Gasteiger charge is -2.30. The summed E-state index contributed by atoms with van der Waals surface area (Å²) in [4.78, 5) is 0. The number of hydrogen-bond donors (Lipinski definition) is 1. The molecule has 1 aliphatic rings. The first-order valence-corrected chi connectivity index (χ1v) is 7.66. The minimum atomic E-state index is 0.727. The van der Waals surface area contributed by atoms with Crippen LogP contribution in [0, 0.1) is 18.8 Å². The van der Waals surface area contributed by atoms with E-state index in [4.69, 9.17) is 11.6 Å². The van der Waals surface area contributed by atoms with Crippen LogP contribution in [0.3, 0.4) is 0 Å². The van der Waals surface area contributed by atoms with Crippen LogP contribution in [0.1, 0.15) is 36.8 Å². The van der Waals surface area contributed by atoms with Crippen molar-refractivity contribution in [3.63, 3.8) is 0 Å². The Labute approximate surface area is 116 Å². The van der Waals surface area contributed by atoms with Crippen LogP contribution in [0.5, 0.6) is 0 Å². The van der Waals surface area contributed by atoms with Gasteiger partial charge in [-0.25, -0.2) is 0 Å². The summed E-state index contributed by atoms with van der Waals surface area (Å²) in [5.41, 5.74) is 2.79. The van der Waals surface area contributed by atoms with Gasteiger partial charge in [-0.1, -0.05) is 37.1 Å². The van der Waals surface area contributed by atoms with E-state index in [0.29, 0.717) is 0 Å². The predicted octanol–water partition coefficient (Wildman–Crippen LogP) is 4.13. The molecule has 0 bridgehead atoms. The van der Waals surface area contributed by atoms with Crippen molar-refractivity contribution in [3.05, 3.63) is 35.4 Å². The monoisotopic (exact) mass is 265 g/mol. The SMILES string of the molecule is Cc1ccccc1CNCC1CCCCC1CCl. The van der Waals surface area contributed by atoms with Crippen LogP contribution in [0.4, 0.5) is 0 Å². The smallest absolute Gasteiger partial charge is 0.0254 e. The molecule has 0 spiro atoms. The maximum atomic E-state index is 6.07. The third kappa shape index (κ3) is 3.73. The molecular weight excluding hydrogens is 242 g/mol. The molecule has 1 N–H and O–H groups in total. The number of rotatable bonds is 5. The highest BCUT2D eigenvalue weighted by Crippen LogP contribution is 2.30. The highest BCUT2D eigenvalue weighted by molar-refractivity contribution is 6.18. The first-order chi connectivity index (χ1) is 8.81. The van der Waals surface area contributed by atoms with E-state index in [9.17, 15) is 0 Å². The highest BCUT2D eigenvalue weighted by Gasteiger charge is 2.23. The van der Waals surface area contributed by atoms with Crippen LogP contribution in [0.25, 0.3) is 0 Å². The van der Waals surface area contributed by atoms with Crippen LogP contribution >= 0.6 is 11.6 Å². The van der Waals surface area contributed by atoms with Gasteiger partial charge < -0.3 is 5.32 Å². The third-order valence-electron chi connectivity index (χ3n) is 4.25. The van der Waals surface area contributed by atoms with Gasteiger partial charge in [0, 0.05) is 12.4 Å². The zero-order valence-corrected chi connectivity index (χ0v) is 12.0. The third-order valence-corrected chi connectivity index (χ3v) is 4.64. The molecular formula is C16H24ClN. The van der Waals surface area contributed by atoms with E-state index in [2.05, 4.69) is 36.5 Å². The first kappa shape index (κ1) is 13.9. The molecule has 1 aromatic rings. The number of aryl methyl sites for hydroxylation is 1. The van der Waals surface area contributed by atoms with Gasteiger partial charge in [-0.3, -0.25) is 0 Å². The Morgan fingerprint density at radius 2 is 1.89 bits per heavy atom. The van der Waals surface area contributed by atoms with Gasteiger partial charge in [0.25, 0.3) is 0 Å². The highest BCUT2D eigenvalue weighted by atomic mass is 35.5. The topological polar surface area (TPSA) is 12.0 Å². The maximum Gasteiger partial charge on any atom is 0.0254 e. The normalized spacial score (nSPS) is 24.1. The molecule has 1 nitrogen and oxygen atoms in total. The molecule has 1 aromatic carbocycles. The molecule has 2 unspecified atom stereocenters. The summed E-state index contributed by atoms with van der Waals surface area (Å²) in [7, 11) is 0. The molecule has 0 radical (unpaired) electrons. The molecule has 2 rings (SSSR count). The molecule has 0 aromatic heterocycles. The van der Waals surface area contributed by atoms with Gasteiger partial charge in [0.1, 0.15) is 0 Å². The van der Waals surface area contributed by atoms with Crippen molar-refractivity contribution in [2.45, 2.75) is 39.2 Å². The first-order valence-electron chi connectivity index (χ1n) is 7.12. The Morgan fingerprint density at radius 3 is 2.61 bits per heavy atom. The molecule has 0 aliphatic heterocycles. The number of benzene rings is 1. The number of alkyl halides is 1. The quantitative estimate of drug-likeness (QED) is 0.790. The van der Waals surface area contributed by atoms with E-state index in [-0.39, 0.29) is 0 Å². The van der Waals surface area contributed by atoms with Gasteiger partial charge in [-0.15, -0.1) is 11.6 Å². The molecule has 0 saturated heterocycles. The average Bonchev–Trinajstić information content (AvgIpc) is 2.41. The van der Waals surface area contributed by atoms with Crippen molar-refractivity contribution in [1.29, 1.82) is 0 Å². The predicted molar refractivity (Wildman–Crippen MR) is 79.1 cm³/mol. The lowest BCUT2D eigenvalue weighted by Crippen LogP contribution is -2.31. The molecule has 100 valence electrons. The number of hydrogen-bond acceptors (Lipinski definition) is 1. The summed E-state index contributed by atoms with van der Waals surface area (Å²) in [5, 5.41) is 3.62. The Kier molecular flexibility index (Phi) is 5.52. The zero-order valence-electron chi connectivity index (χ0n) is 11.3. The second kappa shape index (κ2) is 7.16. The van der Waals surface area contributed by atoms with Gasteiger partial charge in [-0.05, 0) is 49.3 Å². The van der Waals surface area contributed by atoms with Crippen LogP contribution in [-0.4, -0.2) is 12.4 Å². The van der Waals surface area contributed by atoms with Gasteiger partial charge >= 0.3 is 0 Å². The van der Waals surface area contributed by atoms with Crippen LogP contribution in [-0.2, 0) is 6.54 Å². The Morgan fingerprint density at radius 1 is 1.17 bits per heavy atom. The average molecular weight is 266 g/mol. The van der Waals surface area contributed by atoms with Crippen LogP contribution in [0.2, 0.25) is 0 Å². The zero-order chi connectivity index (χ0) is 12.8. The minimum absolute atomic E-state index is 0.727. The molecule has 18 heavy (non-hydrogen) atoms. The van der Waals surface area contributed by atoms with E-state index in [1.54, 1.807) is 0 Å². The fourth-order valence-electron chi connectivity index (χ4n) is 2.96. The fourth-order valence-corrected chi connectivity index (χ4v) is 3.36. The van der Waals surface area contributed by atoms with E-state index < -0.39 is 0 Å². The summed E-state index contributed by atoms with van der Waals surface area (Å²) in [6, 6.07) is 8.61. The van der Waals surface area contributed by atoms with Crippen molar-refractivity contribution in [3.8, 4) is 0 Å². The second-order valence-electron chi connectivity index (χ2n) is 5.52. The summed E-state index contributed by atoms with van der Waals surface area (Å²) in [6.45, 7) is 4.28. The maximum absolute atomic E-state index is 6.07. The van der Waals surface area contributed by atoms with Gasteiger partial charge in [0.2, 0.25) is 0 Å². The molecule has 0 amide bonds. The van der Waals surface area contributed by atoms with E-state index in [0.717, 1.165) is 30.8 Å². The second-order valence-corrected chi connectivity index (χ2v) is 5.82. The van der Waals surface area contributed by atoms with Gasteiger partial charge in [0.15, 0.2) is 0 Å². The van der Waals surface area contributed by atoms with Crippen molar-refractivity contribution >= 4 is 11.6 Å². The minimum Gasteiger partial charge on any atom is -0.312 e. The molecule has 0 heterocycles. The van der Waals surface area contributed by atoms with Gasteiger partial charge in [0.05, 0.1) is 0 Å². The van der Waals surface area contributed by atoms with Crippen molar-refractivity contribution in [1.82, 2.24) is 5.32 Å². The standard InChI is InChI=1S/C16H24ClN/c1-13-6-2-3-8-15(13)11-18-12-16-9-5-4-7-14(16)10-17/h2-3,6,8,14,16,18H,4-5,7,9-12H2,1H3. The summed E-state index contributed by atoms with van der Waals surface area (Å²) in [6.07, 6.45) is 5.41. The van der Waals surface area contributed by atoms with Crippen LogP contribution < -0.4 is 5.32 Å². The molecule has 1 fully saturated rings. The number of nitrogens with one attached hydrogen (secondary N) is 1. The van der Waals surface area contributed by atoms with E-state index in [1.165, 1.54) is 36.8 Å². The Hall–Kier alpha value is -0.530. The van der Waals surface area contributed by atoms with Crippen molar-refractivity contribution in [2.75, 3.05) is 12.4 Å². The molecule has 1 aliphatic carbocycles. The van der Waals surface area contributed by atoms with Gasteiger partial charge in [-0.2, -0.15) is 0 Å². The lowest BCUT2D eigenvalue weighted by atomic mass is 9.80. The Balaban J connectivity index is 1.79. The summed E-state index contributed by atoms with van der Waals surface area (Å²) < 4.78 is 0. The summed E-state index contributed by atoms with van der Waals surface area (Å²) in [5.74, 6) is 2.33. The summed E-state index contributed by atoms with van der Waals surface area (Å²) >= 11 is 6.07. The van der Waals surface area contributed by atoms with E-state index in [1.807, 2.05) is 0 Å². The Bertz CT molecular complexity index is 364. The van der Waals surface area contributed by atoms with Crippen molar-refractivity contribution < 1.29 is 0 Å². The number of halogens is 1.